The second-order valence-electron chi connectivity index (χ2n) is 7.14. The third-order valence-electron chi connectivity index (χ3n) is 4.74. The number of ether oxygens (including phenoxy) is 3. The number of nitriles is 1. The Morgan fingerprint density at radius 1 is 1.11 bits per heavy atom. The van der Waals surface area contributed by atoms with Gasteiger partial charge in [0, 0.05) is 21.3 Å². The molecular weight excluding hydrogens is 602 g/mol. The minimum Gasteiger partial charge on any atom is -0.497 e. The van der Waals surface area contributed by atoms with Gasteiger partial charge in [0.2, 0.25) is 0 Å². The Morgan fingerprint density at radius 3 is 2.49 bits per heavy atom. The highest BCUT2D eigenvalue weighted by molar-refractivity contribution is 14.1. The summed E-state index contributed by atoms with van der Waals surface area (Å²) in [6, 6.07) is 17.5. The Morgan fingerprint density at radius 2 is 1.86 bits per heavy atom. The van der Waals surface area contributed by atoms with Gasteiger partial charge in [0.1, 0.15) is 24.0 Å². The zero-order valence-electron chi connectivity index (χ0n) is 18.9. The van der Waals surface area contributed by atoms with Gasteiger partial charge in [-0.25, -0.2) is 0 Å². The molecule has 35 heavy (non-hydrogen) atoms. The number of carbonyl (C=O) groups excluding carboxylic acids is 1. The minimum absolute atomic E-state index is 0.0549. The van der Waals surface area contributed by atoms with Gasteiger partial charge >= 0.3 is 0 Å². The van der Waals surface area contributed by atoms with Crippen LogP contribution in [-0.4, -0.2) is 19.6 Å². The Bertz CT molecular complexity index is 1290. The van der Waals surface area contributed by atoms with Crippen molar-refractivity contribution >= 4 is 63.5 Å². The summed E-state index contributed by atoms with van der Waals surface area (Å²) in [6.07, 6.45) is 1.50. The maximum Gasteiger partial charge on any atom is 0.266 e. The van der Waals surface area contributed by atoms with Crippen molar-refractivity contribution in [3.8, 4) is 23.3 Å². The van der Waals surface area contributed by atoms with Gasteiger partial charge in [-0.2, -0.15) is 5.26 Å². The SMILES string of the molecule is CCOc1cc(/C=C(/C#N)C(=O)Nc2ccc(OC)cc2)cc(I)c1OCc1ccc(Cl)cc1Cl. The van der Waals surface area contributed by atoms with E-state index in [-0.39, 0.29) is 12.2 Å². The highest BCUT2D eigenvalue weighted by atomic mass is 127. The third kappa shape index (κ3) is 7.28. The number of carbonyl (C=O) groups is 1. The van der Waals surface area contributed by atoms with E-state index in [1.807, 2.05) is 13.0 Å². The molecule has 0 aliphatic rings. The van der Waals surface area contributed by atoms with Crippen LogP contribution in [0.2, 0.25) is 10.0 Å². The number of rotatable bonds is 9. The lowest BCUT2D eigenvalue weighted by Gasteiger charge is -2.15. The molecule has 0 aromatic heterocycles. The topological polar surface area (TPSA) is 80.6 Å². The second kappa shape index (κ2) is 12.7. The van der Waals surface area contributed by atoms with Crippen molar-refractivity contribution in [2.24, 2.45) is 0 Å². The van der Waals surface area contributed by atoms with E-state index in [4.69, 9.17) is 37.4 Å². The lowest BCUT2D eigenvalue weighted by atomic mass is 10.1. The van der Waals surface area contributed by atoms with E-state index < -0.39 is 5.91 Å². The molecule has 0 atom stereocenters. The molecule has 0 bridgehead atoms. The van der Waals surface area contributed by atoms with Gasteiger partial charge in [0.25, 0.3) is 5.91 Å². The standard InChI is InChI=1S/C26H21Cl2IN2O4/c1-3-34-24-12-16(10-18(14-30)26(32)31-20-6-8-21(33-2)9-7-20)11-23(29)25(24)35-15-17-4-5-19(27)13-22(17)28/h4-13H,3,15H2,1-2H3,(H,31,32)/b18-10-. The molecule has 3 aromatic carbocycles. The molecule has 3 aromatic rings. The molecule has 0 radical (unpaired) electrons. The summed E-state index contributed by atoms with van der Waals surface area (Å²) in [5, 5.41) is 13.4. The van der Waals surface area contributed by atoms with Gasteiger partial charge in [-0.3, -0.25) is 4.79 Å². The lowest BCUT2D eigenvalue weighted by Crippen LogP contribution is -2.13. The lowest BCUT2D eigenvalue weighted by molar-refractivity contribution is -0.112. The smallest absolute Gasteiger partial charge is 0.266 e. The zero-order chi connectivity index (χ0) is 25.4. The summed E-state index contributed by atoms with van der Waals surface area (Å²) in [5.74, 6) is 1.17. The van der Waals surface area contributed by atoms with Crippen molar-refractivity contribution in [2.75, 3.05) is 19.0 Å². The number of hydrogen-bond acceptors (Lipinski definition) is 5. The maximum absolute atomic E-state index is 12.7. The molecule has 0 aliphatic heterocycles. The van der Waals surface area contributed by atoms with Crippen molar-refractivity contribution in [1.82, 2.24) is 0 Å². The molecule has 0 spiro atoms. The predicted octanol–water partition coefficient (Wildman–Crippen LogP) is 7.13. The average Bonchev–Trinajstić information content (AvgIpc) is 2.83. The number of hydrogen-bond donors (Lipinski definition) is 1. The van der Waals surface area contributed by atoms with Gasteiger partial charge in [0.15, 0.2) is 11.5 Å². The summed E-state index contributed by atoms with van der Waals surface area (Å²) in [6.45, 7) is 2.48. The number of amides is 1. The molecule has 180 valence electrons. The van der Waals surface area contributed by atoms with Gasteiger partial charge < -0.3 is 19.5 Å². The van der Waals surface area contributed by atoms with Crippen LogP contribution in [0, 0.1) is 14.9 Å². The van der Waals surface area contributed by atoms with E-state index in [1.165, 1.54) is 6.08 Å². The van der Waals surface area contributed by atoms with Crippen LogP contribution >= 0.6 is 45.8 Å². The Kier molecular flexibility index (Phi) is 9.66. The molecule has 1 amide bonds. The number of nitrogens with one attached hydrogen (secondary N) is 1. The minimum atomic E-state index is -0.525. The highest BCUT2D eigenvalue weighted by Crippen LogP contribution is 2.36. The Hall–Kier alpha value is -2.93. The van der Waals surface area contributed by atoms with E-state index in [0.717, 1.165) is 9.13 Å². The molecule has 1 N–H and O–H groups in total. The van der Waals surface area contributed by atoms with Gasteiger partial charge in [-0.1, -0.05) is 29.3 Å². The fraction of sp³-hybridized carbons (Fsp3) is 0.154. The van der Waals surface area contributed by atoms with Crippen molar-refractivity contribution in [3.05, 3.63) is 84.9 Å². The number of methoxy groups -OCH3 is 1. The normalized spacial score (nSPS) is 10.9. The first-order valence-corrected chi connectivity index (χ1v) is 12.3. The third-order valence-corrected chi connectivity index (χ3v) is 6.13. The summed E-state index contributed by atoms with van der Waals surface area (Å²) < 4.78 is 17.7. The molecular formula is C26H21Cl2IN2O4. The molecule has 0 fully saturated rings. The quantitative estimate of drug-likeness (QED) is 0.156. The largest absolute Gasteiger partial charge is 0.497 e. The van der Waals surface area contributed by atoms with Crippen LogP contribution in [0.3, 0.4) is 0 Å². The maximum atomic E-state index is 12.7. The van der Waals surface area contributed by atoms with E-state index in [2.05, 4.69) is 27.9 Å². The first-order valence-electron chi connectivity index (χ1n) is 10.4. The molecule has 0 heterocycles. The van der Waals surface area contributed by atoms with Crippen LogP contribution in [0.15, 0.2) is 60.2 Å². The number of anilines is 1. The fourth-order valence-corrected chi connectivity index (χ4v) is 4.30. The van der Waals surface area contributed by atoms with Crippen LogP contribution in [0.4, 0.5) is 5.69 Å². The van der Waals surface area contributed by atoms with Crippen molar-refractivity contribution in [2.45, 2.75) is 13.5 Å². The molecule has 0 aliphatic carbocycles. The fourth-order valence-electron chi connectivity index (χ4n) is 3.05. The number of nitrogens with zero attached hydrogens (tertiary/aromatic N) is 1. The number of benzene rings is 3. The average molecular weight is 623 g/mol. The first kappa shape index (κ1) is 26.7. The van der Waals surface area contributed by atoms with Crippen LogP contribution < -0.4 is 19.5 Å². The van der Waals surface area contributed by atoms with Crippen molar-refractivity contribution < 1.29 is 19.0 Å². The number of halogens is 3. The Labute approximate surface area is 227 Å². The predicted molar refractivity (Wildman–Crippen MR) is 146 cm³/mol. The van der Waals surface area contributed by atoms with E-state index in [1.54, 1.807) is 61.7 Å². The molecule has 6 nitrogen and oxygen atoms in total. The highest BCUT2D eigenvalue weighted by Gasteiger charge is 2.15. The second-order valence-corrected chi connectivity index (χ2v) is 9.15. The molecule has 0 unspecified atom stereocenters. The van der Waals surface area contributed by atoms with Crippen molar-refractivity contribution in [3.63, 3.8) is 0 Å². The van der Waals surface area contributed by atoms with E-state index in [9.17, 15) is 10.1 Å². The molecule has 3 rings (SSSR count). The van der Waals surface area contributed by atoms with Gasteiger partial charge in [-0.05, 0) is 89.7 Å². The Balaban J connectivity index is 1.83. The van der Waals surface area contributed by atoms with Crippen LogP contribution in [-0.2, 0) is 11.4 Å². The van der Waals surface area contributed by atoms with Crippen molar-refractivity contribution in [1.29, 1.82) is 5.26 Å². The monoisotopic (exact) mass is 622 g/mol. The summed E-state index contributed by atoms with van der Waals surface area (Å²) >= 11 is 14.4. The van der Waals surface area contributed by atoms with E-state index in [0.29, 0.717) is 45.2 Å². The molecule has 0 saturated heterocycles. The van der Waals surface area contributed by atoms with Gasteiger partial charge in [0.05, 0.1) is 17.3 Å². The van der Waals surface area contributed by atoms with Gasteiger partial charge in [-0.15, -0.1) is 0 Å². The van der Waals surface area contributed by atoms with E-state index >= 15 is 0 Å². The summed E-state index contributed by atoms with van der Waals surface area (Å²) in [5.41, 5.74) is 1.89. The summed E-state index contributed by atoms with van der Waals surface area (Å²) in [4.78, 5) is 12.7. The molecule has 0 saturated carbocycles. The van der Waals surface area contributed by atoms with Crippen LogP contribution in [0.1, 0.15) is 18.1 Å². The van der Waals surface area contributed by atoms with Crippen LogP contribution in [0.25, 0.3) is 6.08 Å². The molecule has 9 heteroatoms. The first-order chi connectivity index (χ1) is 16.8. The zero-order valence-corrected chi connectivity index (χ0v) is 22.6. The van der Waals surface area contributed by atoms with Crippen LogP contribution in [0.5, 0.6) is 17.2 Å². The summed E-state index contributed by atoms with van der Waals surface area (Å²) in [7, 11) is 1.56.